The molecule has 1 saturated heterocycles. The van der Waals surface area contributed by atoms with Crippen LogP contribution >= 0.6 is 0 Å². The molecule has 0 aromatic carbocycles. The molecule has 0 spiro atoms. The Kier molecular flexibility index (Phi) is 4.96. The standard InChI is InChI=1S/C14H24N4O/c1-3-7-15-11-6-5-8-18(10-11)13-9-14(19)17-12(4-2)16-13/h9,11,15H,3-8,10H2,1-2H3,(H,16,17,19). The summed E-state index contributed by atoms with van der Waals surface area (Å²) in [6, 6.07) is 2.13. The van der Waals surface area contributed by atoms with Crippen molar-refractivity contribution >= 4 is 5.82 Å². The van der Waals surface area contributed by atoms with Gasteiger partial charge >= 0.3 is 0 Å². The molecule has 0 saturated carbocycles. The maximum Gasteiger partial charge on any atom is 0.252 e. The SMILES string of the molecule is CCCNC1CCCN(c2cc(=O)[nH]c(CC)n2)C1. The molecule has 1 aliphatic rings. The van der Waals surface area contributed by atoms with E-state index in [0.29, 0.717) is 6.04 Å². The number of aryl methyl sites for hydroxylation is 1. The highest BCUT2D eigenvalue weighted by atomic mass is 16.1. The Hall–Kier alpha value is -1.36. The van der Waals surface area contributed by atoms with E-state index in [1.165, 1.54) is 6.42 Å². The summed E-state index contributed by atoms with van der Waals surface area (Å²) in [7, 11) is 0. The molecule has 1 atom stereocenters. The first-order valence-corrected chi connectivity index (χ1v) is 7.31. The van der Waals surface area contributed by atoms with Crippen LogP contribution < -0.4 is 15.8 Å². The number of H-pyrrole nitrogens is 1. The molecule has 0 bridgehead atoms. The maximum absolute atomic E-state index is 11.6. The Bertz CT molecular complexity index is 457. The van der Waals surface area contributed by atoms with Gasteiger partial charge in [-0.15, -0.1) is 0 Å². The quantitative estimate of drug-likeness (QED) is 0.841. The first kappa shape index (κ1) is 14.1. The van der Waals surface area contributed by atoms with Crippen LogP contribution in [0.5, 0.6) is 0 Å². The Morgan fingerprint density at radius 3 is 3.11 bits per heavy atom. The molecular formula is C14H24N4O. The van der Waals surface area contributed by atoms with E-state index in [1.807, 2.05) is 6.92 Å². The molecule has 1 fully saturated rings. The number of rotatable bonds is 5. The Balaban J connectivity index is 2.08. The largest absolute Gasteiger partial charge is 0.355 e. The van der Waals surface area contributed by atoms with E-state index >= 15 is 0 Å². The van der Waals surface area contributed by atoms with Crippen molar-refractivity contribution in [1.29, 1.82) is 0 Å². The lowest BCUT2D eigenvalue weighted by atomic mass is 10.1. The highest BCUT2D eigenvalue weighted by Gasteiger charge is 2.20. The van der Waals surface area contributed by atoms with Crippen molar-refractivity contribution in [2.45, 2.75) is 45.6 Å². The van der Waals surface area contributed by atoms with E-state index in [9.17, 15) is 4.79 Å². The zero-order chi connectivity index (χ0) is 13.7. The topological polar surface area (TPSA) is 61.0 Å². The predicted octanol–water partition coefficient (Wildman–Crippen LogP) is 1.30. The maximum atomic E-state index is 11.6. The molecule has 5 nitrogen and oxygen atoms in total. The monoisotopic (exact) mass is 264 g/mol. The van der Waals surface area contributed by atoms with Crippen LogP contribution in [-0.2, 0) is 6.42 Å². The Labute approximate surface area is 114 Å². The summed E-state index contributed by atoms with van der Waals surface area (Å²) in [6.45, 7) is 7.17. The van der Waals surface area contributed by atoms with Gasteiger partial charge in [0.25, 0.3) is 5.56 Å². The van der Waals surface area contributed by atoms with Gasteiger partial charge in [0.1, 0.15) is 11.6 Å². The van der Waals surface area contributed by atoms with E-state index in [1.54, 1.807) is 6.07 Å². The summed E-state index contributed by atoms with van der Waals surface area (Å²) < 4.78 is 0. The van der Waals surface area contributed by atoms with Crippen molar-refractivity contribution in [2.24, 2.45) is 0 Å². The summed E-state index contributed by atoms with van der Waals surface area (Å²) in [5.74, 6) is 1.59. The van der Waals surface area contributed by atoms with Gasteiger partial charge in [-0.05, 0) is 25.8 Å². The summed E-state index contributed by atoms with van der Waals surface area (Å²) in [5.41, 5.74) is -0.0505. The molecule has 2 heterocycles. The van der Waals surface area contributed by atoms with Gasteiger partial charge in [0.2, 0.25) is 0 Å². The van der Waals surface area contributed by atoms with E-state index in [0.717, 1.165) is 50.5 Å². The smallest absolute Gasteiger partial charge is 0.252 e. The molecule has 2 N–H and O–H groups in total. The molecule has 1 aliphatic heterocycles. The predicted molar refractivity (Wildman–Crippen MR) is 77.8 cm³/mol. The number of anilines is 1. The summed E-state index contributed by atoms with van der Waals surface area (Å²) in [5, 5.41) is 3.56. The second-order valence-corrected chi connectivity index (χ2v) is 5.14. The molecule has 1 aromatic heterocycles. The number of aromatic nitrogens is 2. The minimum absolute atomic E-state index is 0.0505. The second-order valence-electron chi connectivity index (χ2n) is 5.14. The van der Waals surface area contributed by atoms with Crippen LogP contribution in [0.3, 0.4) is 0 Å². The van der Waals surface area contributed by atoms with Crippen molar-refractivity contribution in [2.75, 3.05) is 24.5 Å². The number of hydrogen-bond donors (Lipinski definition) is 2. The van der Waals surface area contributed by atoms with Gasteiger partial charge in [-0.2, -0.15) is 0 Å². The number of aromatic amines is 1. The first-order valence-electron chi connectivity index (χ1n) is 7.31. The molecule has 1 aromatic rings. The third-order valence-electron chi connectivity index (χ3n) is 3.54. The van der Waals surface area contributed by atoms with Gasteiger partial charge in [0.05, 0.1) is 0 Å². The average molecular weight is 264 g/mol. The number of nitrogens with one attached hydrogen (secondary N) is 2. The van der Waals surface area contributed by atoms with Crippen LogP contribution in [0.15, 0.2) is 10.9 Å². The molecule has 0 amide bonds. The highest BCUT2D eigenvalue weighted by molar-refractivity contribution is 5.38. The molecule has 106 valence electrons. The summed E-state index contributed by atoms with van der Waals surface area (Å²) >= 11 is 0. The molecular weight excluding hydrogens is 240 g/mol. The Morgan fingerprint density at radius 2 is 2.37 bits per heavy atom. The lowest BCUT2D eigenvalue weighted by molar-refractivity contribution is 0.421. The molecule has 5 heteroatoms. The van der Waals surface area contributed by atoms with Gasteiger partial charge < -0.3 is 15.2 Å². The van der Waals surface area contributed by atoms with Crippen LogP contribution in [0, 0.1) is 0 Å². The van der Waals surface area contributed by atoms with E-state index < -0.39 is 0 Å². The third kappa shape index (κ3) is 3.80. The average Bonchev–Trinajstić information content (AvgIpc) is 2.44. The zero-order valence-electron chi connectivity index (χ0n) is 11.9. The van der Waals surface area contributed by atoms with Crippen LogP contribution in [-0.4, -0.2) is 35.6 Å². The fraction of sp³-hybridized carbons (Fsp3) is 0.714. The van der Waals surface area contributed by atoms with Crippen molar-refractivity contribution in [3.8, 4) is 0 Å². The van der Waals surface area contributed by atoms with Crippen LogP contribution in [0.25, 0.3) is 0 Å². The van der Waals surface area contributed by atoms with Gasteiger partial charge in [-0.1, -0.05) is 13.8 Å². The van der Waals surface area contributed by atoms with Gasteiger partial charge in [0.15, 0.2) is 0 Å². The molecule has 0 radical (unpaired) electrons. The number of nitrogens with zero attached hydrogens (tertiary/aromatic N) is 2. The fourth-order valence-electron chi connectivity index (χ4n) is 2.52. The van der Waals surface area contributed by atoms with Crippen LogP contribution in [0.2, 0.25) is 0 Å². The lowest BCUT2D eigenvalue weighted by Crippen LogP contribution is -2.46. The zero-order valence-corrected chi connectivity index (χ0v) is 11.9. The van der Waals surface area contributed by atoms with Crippen molar-refractivity contribution in [3.05, 3.63) is 22.2 Å². The summed E-state index contributed by atoms with van der Waals surface area (Å²) in [6.07, 6.45) is 4.27. The minimum Gasteiger partial charge on any atom is -0.355 e. The lowest BCUT2D eigenvalue weighted by Gasteiger charge is -2.34. The minimum atomic E-state index is -0.0505. The van der Waals surface area contributed by atoms with Gasteiger partial charge in [0, 0.05) is 31.6 Å². The second kappa shape index (κ2) is 6.70. The fourth-order valence-corrected chi connectivity index (χ4v) is 2.52. The van der Waals surface area contributed by atoms with Crippen LogP contribution in [0.1, 0.15) is 38.9 Å². The van der Waals surface area contributed by atoms with E-state index in [4.69, 9.17) is 0 Å². The molecule has 0 aliphatic carbocycles. The third-order valence-corrected chi connectivity index (χ3v) is 3.54. The van der Waals surface area contributed by atoms with E-state index in [2.05, 4.69) is 27.1 Å². The normalized spacial score (nSPS) is 19.7. The number of piperidine rings is 1. The van der Waals surface area contributed by atoms with Crippen molar-refractivity contribution in [3.63, 3.8) is 0 Å². The van der Waals surface area contributed by atoms with Gasteiger partial charge in [-0.25, -0.2) is 4.98 Å². The number of hydrogen-bond acceptors (Lipinski definition) is 4. The summed E-state index contributed by atoms with van der Waals surface area (Å²) in [4.78, 5) is 21.2. The van der Waals surface area contributed by atoms with Crippen molar-refractivity contribution < 1.29 is 0 Å². The molecule has 1 unspecified atom stereocenters. The highest BCUT2D eigenvalue weighted by Crippen LogP contribution is 2.16. The van der Waals surface area contributed by atoms with Crippen molar-refractivity contribution in [1.82, 2.24) is 15.3 Å². The van der Waals surface area contributed by atoms with E-state index in [-0.39, 0.29) is 5.56 Å². The first-order chi connectivity index (χ1) is 9.22. The van der Waals surface area contributed by atoms with Gasteiger partial charge in [-0.3, -0.25) is 4.79 Å². The Morgan fingerprint density at radius 1 is 1.53 bits per heavy atom. The molecule has 19 heavy (non-hydrogen) atoms. The van der Waals surface area contributed by atoms with Crippen LogP contribution in [0.4, 0.5) is 5.82 Å². The molecule has 2 rings (SSSR count).